The third kappa shape index (κ3) is 7.45. The number of amides is 1. The molecule has 1 saturated heterocycles. The van der Waals surface area contributed by atoms with Gasteiger partial charge >= 0.3 is 0 Å². The fourth-order valence-corrected chi connectivity index (χ4v) is 7.23. The first-order valence-electron chi connectivity index (χ1n) is 13.3. The van der Waals surface area contributed by atoms with Crippen LogP contribution in [-0.2, 0) is 31.1 Å². The molecule has 3 atom stereocenters. The van der Waals surface area contributed by atoms with Gasteiger partial charge in [-0.15, -0.1) is 0 Å². The van der Waals surface area contributed by atoms with Crippen LogP contribution < -0.4 is 10.0 Å². The van der Waals surface area contributed by atoms with E-state index in [1.165, 1.54) is 12.1 Å². The zero-order chi connectivity index (χ0) is 28.2. The van der Waals surface area contributed by atoms with E-state index in [2.05, 4.69) is 28.8 Å². The molecule has 39 heavy (non-hydrogen) atoms. The summed E-state index contributed by atoms with van der Waals surface area (Å²) in [6, 6.07) is 19.0. The number of carbonyl (C=O) groups excluding carboxylic acids is 1. The molecular formula is C29H37N3O5S2. The van der Waals surface area contributed by atoms with Crippen molar-refractivity contribution in [2.45, 2.75) is 67.4 Å². The fraction of sp³-hybridized carbons (Fsp3) is 0.414. The lowest BCUT2D eigenvalue weighted by atomic mass is 9.97. The van der Waals surface area contributed by atoms with Crippen molar-refractivity contribution >= 4 is 36.5 Å². The van der Waals surface area contributed by atoms with Crippen molar-refractivity contribution in [2.75, 3.05) is 19.3 Å². The van der Waals surface area contributed by atoms with Gasteiger partial charge in [-0.25, -0.2) is 21.6 Å². The molecule has 0 bridgehead atoms. The molecular weight excluding hydrogens is 534 g/mol. The lowest BCUT2D eigenvalue weighted by molar-refractivity contribution is -0.121. The van der Waals surface area contributed by atoms with Gasteiger partial charge in [0.2, 0.25) is 15.9 Å². The molecule has 0 radical (unpaired) electrons. The van der Waals surface area contributed by atoms with Crippen LogP contribution in [0.25, 0.3) is 10.8 Å². The highest BCUT2D eigenvalue weighted by Crippen LogP contribution is 2.24. The number of nitrogens with one attached hydrogen (secondary N) is 2. The number of hydrogen-bond donors (Lipinski definition) is 2. The maximum atomic E-state index is 13.4. The van der Waals surface area contributed by atoms with Crippen molar-refractivity contribution in [2.24, 2.45) is 0 Å². The molecule has 0 aliphatic carbocycles. The molecule has 0 aromatic heterocycles. The van der Waals surface area contributed by atoms with Gasteiger partial charge in [0.15, 0.2) is 9.84 Å². The average molecular weight is 572 g/mol. The second-order valence-electron chi connectivity index (χ2n) is 10.5. The van der Waals surface area contributed by atoms with Crippen LogP contribution in [0.1, 0.15) is 38.7 Å². The van der Waals surface area contributed by atoms with Gasteiger partial charge in [0.1, 0.15) is 0 Å². The first-order chi connectivity index (χ1) is 18.4. The number of fused-ring (bicyclic) bond motifs is 1. The van der Waals surface area contributed by atoms with Crippen LogP contribution in [0, 0.1) is 0 Å². The number of sulfone groups is 1. The Bertz CT molecular complexity index is 1510. The largest absolute Gasteiger partial charge is 0.350 e. The Kier molecular flexibility index (Phi) is 9.10. The van der Waals surface area contributed by atoms with E-state index >= 15 is 0 Å². The first-order valence-corrected chi connectivity index (χ1v) is 16.6. The number of piperidine rings is 1. The zero-order valence-electron chi connectivity index (χ0n) is 22.6. The number of benzene rings is 3. The smallest absolute Gasteiger partial charge is 0.241 e. The molecule has 0 unspecified atom stereocenters. The van der Waals surface area contributed by atoms with E-state index in [1.54, 1.807) is 30.3 Å². The molecule has 3 aromatic rings. The van der Waals surface area contributed by atoms with Crippen molar-refractivity contribution in [1.29, 1.82) is 0 Å². The van der Waals surface area contributed by atoms with Crippen molar-refractivity contribution in [1.82, 2.24) is 14.9 Å². The summed E-state index contributed by atoms with van der Waals surface area (Å²) >= 11 is 0. The number of rotatable bonds is 10. The van der Waals surface area contributed by atoms with Crippen LogP contribution in [0.3, 0.4) is 0 Å². The quantitative estimate of drug-likeness (QED) is 0.385. The minimum atomic E-state index is -3.84. The molecule has 210 valence electrons. The Morgan fingerprint density at radius 1 is 0.923 bits per heavy atom. The van der Waals surface area contributed by atoms with Gasteiger partial charge in [0, 0.05) is 36.8 Å². The van der Waals surface area contributed by atoms with Crippen LogP contribution in [0.5, 0.6) is 0 Å². The molecule has 0 saturated carbocycles. The Hall–Kier alpha value is -2.79. The molecule has 1 fully saturated rings. The van der Waals surface area contributed by atoms with Crippen molar-refractivity contribution in [3.63, 3.8) is 0 Å². The summed E-state index contributed by atoms with van der Waals surface area (Å²) in [5, 5.41) is 4.51. The molecule has 1 heterocycles. The van der Waals surface area contributed by atoms with Crippen molar-refractivity contribution < 1.29 is 21.6 Å². The molecule has 10 heteroatoms. The maximum absolute atomic E-state index is 13.4. The number of carbonyl (C=O) groups is 1. The van der Waals surface area contributed by atoms with Gasteiger partial charge in [-0.05, 0) is 55.8 Å². The first kappa shape index (κ1) is 29.2. The number of nitrogens with zero attached hydrogens (tertiary/aromatic N) is 1. The minimum Gasteiger partial charge on any atom is -0.350 e. The van der Waals surface area contributed by atoms with Gasteiger partial charge in [0.25, 0.3) is 0 Å². The lowest BCUT2D eigenvalue weighted by Crippen LogP contribution is -2.55. The molecule has 1 aliphatic rings. The number of hydrogen-bond acceptors (Lipinski definition) is 6. The third-order valence-electron chi connectivity index (χ3n) is 7.45. The lowest BCUT2D eigenvalue weighted by Gasteiger charge is -2.41. The predicted molar refractivity (Wildman–Crippen MR) is 154 cm³/mol. The van der Waals surface area contributed by atoms with Gasteiger partial charge in [-0.3, -0.25) is 9.69 Å². The second-order valence-corrected chi connectivity index (χ2v) is 14.3. The monoisotopic (exact) mass is 571 g/mol. The van der Waals surface area contributed by atoms with Gasteiger partial charge in [0.05, 0.1) is 22.3 Å². The standard InChI is InChI=1S/C29H37N3O5S2/c1-21-8-6-9-22(2)32(21)20-25(31-29(33)18-23-14-16-26(17-15-23)38(3,34)35)19-30-39(36,37)28-13-7-11-24-10-4-5-12-27(24)28/h4-5,7,10-17,21-22,25,30H,6,8-9,18-20H2,1-3H3,(H,31,33)/t21-,22+,25-/m0/s1. The Labute approximate surface area is 231 Å². The van der Waals surface area contributed by atoms with Crippen molar-refractivity contribution in [3.05, 3.63) is 72.3 Å². The van der Waals surface area contributed by atoms with Crippen LogP contribution >= 0.6 is 0 Å². The molecule has 2 N–H and O–H groups in total. The second kappa shape index (κ2) is 12.2. The normalized spacial score (nSPS) is 19.6. The number of sulfonamides is 1. The predicted octanol–water partition coefficient (Wildman–Crippen LogP) is 3.51. The highest BCUT2D eigenvalue weighted by molar-refractivity contribution is 7.90. The van der Waals surface area contributed by atoms with E-state index in [0.29, 0.717) is 29.6 Å². The summed E-state index contributed by atoms with van der Waals surface area (Å²) in [5.74, 6) is -0.256. The topological polar surface area (TPSA) is 113 Å². The summed E-state index contributed by atoms with van der Waals surface area (Å²) in [5.41, 5.74) is 0.676. The van der Waals surface area contributed by atoms with E-state index in [-0.39, 0.29) is 28.7 Å². The SMILES string of the molecule is C[C@@H]1CCC[C@H](C)N1C[C@H](CNS(=O)(=O)c1cccc2ccccc12)NC(=O)Cc1ccc(S(C)(=O)=O)cc1. The Morgan fingerprint density at radius 3 is 2.23 bits per heavy atom. The van der Waals surface area contributed by atoms with Crippen LogP contribution in [-0.4, -0.2) is 65.1 Å². The van der Waals surface area contributed by atoms with Gasteiger partial charge in [-0.1, -0.05) is 55.0 Å². The molecule has 0 spiro atoms. The highest BCUT2D eigenvalue weighted by atomic mass is 32.2. The third-order valence-corrected chi connectivity index (χ3v) is 10.1. The summed E-state index contributed by atoms with van der Waals surface area (Å²) in [4.78, 5) is 15.8. The molecule has 3 aromatic carbocycles. The number of likely N-dealkylation sites (tertiary alicyclic amines) is 1. The summed E-state index contributed by atoms with van der Waals surface area (Å²) < 4.78 is 53.0. The Balaban J connectivity index is 1.51. The fourth-order valence-electron chi connectivity index (χ4n) is 5.29. The van der Waals surface area contributed by atoms with Crippen LogP contribution in [0.2, 0.25) is 0 Å². The molecule has 1 aliphatic heterocycles. The molecule has 1 amide bonds. The van der Waals surface area contributed by atoms with Crippen LogP contribution in [0.15, 0.2) is 76.5 Å². The molecule has 8 nitrogen and oxygen atoms in total. The van der Waals surface area contributed by atoms with E-state index in [0.717, 1.165) is 30.9 Å². The summed E-state index contributed by atoms with van der Waals surface area (Å²) in [6.07, 6.45) is 4.45. The highest BCUT2D eigenvalue weighted by Gasteiger charge is 2.29. The van der Waals surface area contributed by atoms with E-state index in [4.69, 9.17) is 0 Å². The van der Waals surface area contributed by atoms with E-state index in [1.807, 2.05) is 24.3 Å². The summed E-state index contributed by atoms with van der Waals surface area (Å²) in [6.45, 7) is 4.88. The van der Waals surface area contributed by atoms with E-state index < -0.39 is 25.9 Å². The van der Waals surface area contributed by atoms with Crippen LogP contribution in [0.4, 0.5) is 0 Å². The average Bonchev–Trinajstić information content (AvgIpc) is 2.88. The molecule has 4 rings (SSSR count). The van der Waals surface area contributed by atoms with Gasteiger partial charge in [-0.2, -0.15) is 0 Å². The summed E-state index contributed by atoms with van der Waals surface area (Å²) in [7, 11) is -7.16. The zero-order valence-corrected chi connectivity index (χ0v) is 24.3. The van der Waals surface area contributed by atoms with Gasteiger partial charge < -0.3 is 5.32 Å². The maximum Gasteiger partial charge on any atom is 0.241 e. The Morgan fingerprint density at radius 2 is 1.56 bits per heavy atom. The van der Waals surface area contributed by atoms with E-state index in [9.17, 15) is 21.6 Å². The van der Waals surface area contributed by atoms with Crippen molar-refractivity contribution in [3.8, 4) is 0 Å². The minimum absolute atomic E-state index is 0.0419.